The molecular formula is C34H29N5O10. The second-order valence-corrected chi connectivity index (χ2v) is 12.3. The fourth-order valence-electron chi connectivity index (χ4n) is 7.08. The highest BCUT2D eigenvalue weighted by Gasteiger charge is 2.47. The van der Waals surface area contributed by atoms with Gasteiger partial charge in [-0.25, -0.2) is 14.9 Å². The molecule has 1 saturated heterocycles. The molecule has 0 saturated carbocycles. The number of nitrogens with zero attached hydrogens (tertiary/aromatic N) is 3. The number of aliphatic hydroxyl groups excluding tert-OH is 3. The summed E-state index contributed by atoms with van der Waals surface area (Å²) in [6.45, 7) is -0.0452. The topological polar surface area (TPSA) is 231 Å². The number of carbonyl (C=O) groups excluding carboxylic acids is 2. The molecule has 1 aliphatic carbocycles. The lowest BCUT2D eigenvalue weighted by molar-refractivity contribution is -0.723. The van der Waals surface area contributed by atoms with E-state index in [1.54, 1.807) is 30.3 Å². The molecule has 0 radical (unpaired) electrons. The molecule has 0 aromatic heterocycles. The highest BCUT2D eigenvalue weighted by atomic mass is 16.7. The van der Waals surface area contributed by atoms with Crippen LogP contribution in [0.2, 0.25) is 0 Å². The number of phenols is 1. The number of aliphatic imine (C=N–C) groups is 3. The number of rotatable bonds is 2. The Balaban J connectivity index is 1.33. The lowest BCUT2D eigenvalue weighted by Gasteiger charge is -2.40. The minimum Gasteiger partial charge on any atom is -0.857 e. The monoisotopic (exact) mass is 667 g/mol. The number of amidine groups is 1. The van der Waals surface area contributed by atoms with Gasteiger partial charge in [0.05, 0.1) is 12.2 Å². The molecule has 6 N–H and O–H groups in total. The molecule has 7 atom stereocenters. The van der Waals surface area contributed by atoms with Crippen molar-refractivity contribution in [2.45, 2.75) is 43.0 Å². The first-order valence-corrected chi connectivity index (χ1v) is 15.6. The summed E-state index contributed by atoms with van der Waals surface area (Å²) in [6.07, 6.45) is -7.51. The number of ketones is 2. The van der Waals surface area contributed by atoms with Gasteiger partial charge in [-0.05, 0) is 18.6 Å². The Morgan fingerprint density at radius 1 is 0.898 bits per heavy atom. The van der Waals surface area contributed by atoms with Gasteiger partial charge in [0.15, 0.2) is 35.4 Å². The van der Waals surface area contributed by atoms with Crippen LogP contribution in [-0.4, -0.2) is 106 Å². The summed E-state index contributed by atoms with van der Waals surface area (Å²) < 4.78 is 17.9. The van der Waals surface area contributed by atoms with Gasteiger partial charge < -0.3 is 39.7 Å². The maximum absolute atomic E-state index is 13.9. The van der Waals surface area contributed by atoms with Crippen molar-refractivity contribution in [3.8, 4) is 11.5 Å². The minimum atomic E-state index is -1.77. The van der Waals surface area contributed by atoms with E-state index in [-0.39, 0.29) is 71.4 Å². The summed E-state index contributed by atoms with van der Waals surface area (Å²) in [5.41, 5.74) is 1.45. The maximum atomic E-state index is 13.9. The van der Waals surface area contributed by atoms with E-state index in [9.17, 15) is 35.1 Å². The van der Waals surface area contributed by atoms with Gasteiger partial charge >= 0.3 is 0 Å². The van der Waals surface area contributed by atoms with Gasteiger partial charge in [0, 0.05) is 46.2 Å². The zero-order valence-electron chi connectivity index (χ0n) is 25.6. The third kappa shape index (κ3) is 4.89. The van der Waals surface area contributed by atoms with Crippen molar-refractivity contribution in [2.24, 2.45) is 15.0 Å². The third-order valence-electron chi connectivity index (χ3n) is 9.48. The molecule has 4 heterocycles. The number of aliphatic hydroxyl groups is 3. The van der Waals surface area contributed by atoms with Gasteiger partial charge in [0.2, 0.25) is 12.2 Å². The quantitative estimate of drug-likeness (QED) is 0.152. The molecule has 250 valence electrons. The molecule has 0 spiro atoms. The van der Waals surface area contributed by atoms with Crippen LogP contribution in [0.25, 0.3) is 0 Å². The maximum Gasteiger partial charge on any atom is 0.262 e. The van der Waals surface area contributed by atoms with E-state index in [1.165, 1.54) is 18.2 Å². The van der Waals surface area contributed by atoms with E-state index in [0.29, 0.717) is 16.2 Å². The molecule has 3 aromatic rings. The van der Waals surface area contributed by atoms with Crippen molar-refractivity contribution in [2.75, 3.05) is 19.9 Å². The average molecular weight is 668 g/mol. The largest absolute Gasteiger partial charge is 0.857 e. The van der Waals surface area contributed by atoms with Gasteiger partial charge in [-0.15, -0.1) is 0 Å². The number of quaternary nitrogens is 1. The van der Waals surface area contributed by atoms with Gasteiger partial charge in [-0.3, -0.25) is 15.0 Å². The normalized spacial score (nSPS) is 29.2. The van der Waals surface area contributed by atoms with Gasteiger partial charge in [-0.2, -0.15) is 4.99 Å². The Morgan fingerprint density at radius 2 is 1.63 bits per heavy atom. The Morgan fingerprint density at radius 3 is 2.43 bits per heavy atom. The fourth-order valence-corrected chi connectivity index (χ4v) is 7.08. The van der Waals surface area contributed by atoms with E-state index in [4.69, 9.17) is 19.6 Å². The van der Waals surface area contributed by atoms with Crippen LogP contribution in [0.15, 0.2) is 69.6 Å². The predicted molar refractivity (Wildman–Crippen MR) is 168 cm³/mol. The predicted octanol–water partition coefficient (Wildman–Crippen LogP) is -1.06. The lowest BCUT2D eigenvalue weighted by Crippen LogP contribution is -3.09. The number of guanidine groups is 1. The highest BCUT2D eigenvalue weighted by molar-refractivity contribution is 6.66. The SMILES string of the molecule is N=C1N=C([O-])C2=NC[NH+](c3ccccc3C3CCOCC4OC(Oc5c3cc3c(c5O)C(=O)c5ccccc5C3=O)C(O)C(O)C4O)C2=N1. The first kappa shape index (κ1) is 31.1. The molecule has 15 nitrogen and oxygen atoms in total. The number of phenolic OH excluding ortho intramolecular Hbond substituents is 1. The van der Waals surface area contributed by atoms with Crippen LogP contribution in [0.3, 0.4) is 0 Å². The number of para-hydroxylation sites is 1. The van der Waals surface area contributed by atoms with Crippen molar-refractivity contribution in [1.29, 1.82) is 5.41 Å². The number of aromatic hydroxyl groups is 1. The Kier molecular flexibility index (Phi) is 7.47. The number of hydrogen-bond acceptors (Lipinski definition) is 12. The summed E-state index contributed by atoms with van der Waals surface area (Å²) in [6, 6.07) is 14.9. The summed E-state index contributed by atoms with van der Waals surface area (Å²) >= 11 is 0. The van der Waals surface area contributed by atoms with E-state index in [0.717, 1.165) is 0 Å². The standard InChI is InChI=1S/C34H29N5O10/c35-34-37-31-23(32(46)38-34)36-13-39(31)20-8-4-3-5-15(20)14-9-10-47-12-21-26(42)28(44)29(45)33(48-21)49-30-18(14)11-19-22(27(30)43)25(41)17-7-2-1-6-16(17)24(19)40/h1-8,11,14,21,26,28-29,33,42-45H,9-10,12-13H2,(H2,35,38,46). The summed E-state index contributed by atoms with van der Waals surface area (Å²) in [5.74, 6) is -3.66. The van der Waals surface area contributed by atoms with E-state index < -0.39 is 65.8 Å². The van der Waals surface area contributed by atoms with Crippen molar-refractivity contribution >= 4 is 40.7 Å². The zero-order valence-corrected chi connectivity index (χ0v) is 25.6. The summed E-state index contributed by atoms with van der Waals surface area (Å²) in [4.78, 5) is 40.4. The molecule has 49 heavy (non-hydrogen) atoms. The van der Waals surface area contributed by atoms with Gasteiger partial charge in [0.25, 0.3) is 5.84 Å². The van der Waals surface area contributed by atoms with Crippen LogP contribution in [-0.2, 0) is 9.47 Å². The van der Waals surface area contributed by atoms with E-state index >= 15 is 0 Å². The summed E-state index contributed by atoms with van der Waals surface area (Å²) in [7, 11) is 0. The molecule has 15 heteroatoms. The Bertz CT molecular complexity index is 2040. The molecule has 5 aliphatic rings. The van der Waals surface area contributed by atoms with Crippen LogP contribution in [0.5, 0.6) is 11.5 Å². The van der Waals surface area contributed by atoms with Crippen LogP contribution in [0, 0.1) is 5.41 Å². The van der Waals surface area contributed by atoms with E-state index in [1.807, 2.05) is 6.07 Å². The Hall–Kier alpha value is -5.16. The second-order valence-electron chi connectivity index (χ2n) is 12.3. The first-order valence-electron chi connectivity index (χ1n) is 15.6. The molecule has 1 fully saturated rings. The number of fused-ring (bicyclic) bond motifs is 6. The van der Waals surface area contributed by atoms with Crippen molar-refractivity contribution in [3.05, 3.63) is 88.0 Å². The molecule has 0 amide bonds. The smallest absolute Gasteiger partial charge is 0.262 e. The highest BCUT2D eigenvalue weighted by Crippen LogP contribution is 2.48. The Labute approximate surface area is 277 Å². The number of carbonyl (C=O) groups is 2. The second kappa shape index (κ2) is 11.8. The van der Waals surface area contributed by atoms with E-state index in [2.05, 4.69) is 15.0 Å². The molecule has 4 aliphatic heterocycles. The van der Waals surface area contributed by atoms with Crippen LogP contribution in [0.1, 0.15) is 55.3 Å². The van der Waals surface area contributed by atoms with Crippen LogP contribution in [0.4, 0.5) is 5.69 Å². The number of ether oxygens (including phenoxy) is 3. The number of benzene rings is 3. The van der Waals surface area contributed by atoms with Crippen molar-refractivity contribution in [1.82, 2.24) is 0 Å². The van der Waals surface area contributed by atoms with Crippen LogP contribution >= 0.6 is 0 Å². The molecule has 7 unspecified atom stereocenters. The van der Waals surface area contributed by atoms with Crippen molar-refractivity contribution in [3.63, 3.8) is 0 Å². The fraction of sp³-hybridized carbons (Fsp3) is 0.294. The molecular weight excluding hydrogens is 638 g/mol. The lowest BCUT2D eigenvalue weighted by atomic mass is 9.79. The first-order chi connectivity index (χ1) is 23.6. The number of hydrogen-bond donors (Lipinski definition) is 6. The average Bonchev–Trinajstić information content (AvgIpc) is 3.51. The molecule has 8 rings (SSSR count). The number of nitrogens with one attached hydrogen (secondary N) is 2. The van der Waals surface area contributed by atoms with Gasteiger partial charge in [0.1, 0.15) is 30.1 Å². The minimum absolute atomic E-state index is 0.0420. The van der Waals surface area contributed by atoms with Gasteiger partial charge in [-0.1, -0.05) is 42.5 Å². The van der Waals surface area contributed by atoms with Crippen LogP contribution < -0.4 is 14.7 Å². The molecule has 2 bridgehead atoms. The van der Waals surface area contributed by atoms with Crippen molar-refractivity contribution < 1.29 is 54.2 Å². The third-order valence-corrected chi connectivity index (χ3v) is 9.48. The molecule has 3 aromatic carbocycles. The zero-order chi connectivity index (χ0) is 34.1. The summed E-state index contributed by atoms with van der Waals surface area (Å²) in [5, 5.41) is 64.6.